The summed E-state index contributed by atoms with van der Waals surface area (Å²) in [5, 5.41) is 6.41. The van der Waals surface area contributed by atoms with E-state index in [1.54, 1.807) is 7.05 Å². The van der Waals surface area contributed by atoms with E-state index >= 15 is 0 Å². The van der Waals surface area contributed by atoms with Gasteiger partial charge in [0.1, 0.15) is 5.75 Å². The first-order valence-electron chi connectivity index (χ1n) is 8.79. The fourth-order valence-electron chi connectivity index (χ4n) is 3.06. The maximum Gasteiger partial charge on any atom is 0.401 e. The van der Waals surface area contributed by atoms with E-state index in [9.17, 15) is 13.2 Å². The van der Waals surface area contributed by atoms with Gasteiger partial charge in [-0.1, -0.05) is 12.1 Å². The molecule has 1 aromatic carbocycles. The van der Waals surface area contributed by atoms with Crippen molar-refractivity contribution in [1.29, 1.82) is 0 Å². The van der Waals surface area contributed by atoms with Crippen LogP contribution in [0, 0.1) is 6.92 Å². The summed E-state index contributed by atoms with van der Waals surface area (Å²) in [6.45, 7) is 5.09. The molecule has 2 rings (SSSR count). The summed E-state index contributed by atoms with van der Waals surface area (Å²) in [7, 11) is 1.65. The van der Waals surface area contributed by atoms with Crippen molar-refractivity contribution in [1.82, 2.24) is 15.5 Å². The average molecular weight is 500 g/mol. The number of benzene rings is 1. The first-order valence-corrected chi connectivity index (χ1v) is 8.79. The Morgan fingerprint density at radius 1 is 1.37 bits per heavy atom. The van der Waals surface area contributed by atoms with E-state index in [-0.39, 0.29) is 30.0 Å². The van der Waals surface area contributed by atoms with E-state index < -0.39 is 12.7 Å². The highest BCUT2D eigenvalue weighted by atomic mass is 127. The molecule has 1 aliphatic heterocycles. The third-order valence-electron chi connectivity index (χ3n) is 4.24. The summed E-state index contributed by atoms with van der Waals surface area (Å²) >= 11 is 0. The van der Waals surface area contributed by atoms with Crippen LogP contribution in [-0.4, -0.2) is 56.4 Å². The number of aliphatic imine (C=N–C) groups is 1. The number of likely N-dealkylation sites (tertiary alicyclic amines) is 1. The lowest BCUT2D eigenvalue weighted by atomic mass is 10.1. The van der Waals surface area contributed by atoms with E-state index in [1.807, 2.05) is 32.0 Å². The Balaban J connectivity index is 0.00000364. The predicted molar refractivity (Wildman–Crippen MR) is 112 cm³/mol. The smallest absolute Gasteiger partial charge is 0.401 e. The number of hydrogen-bond donors (Lipinski definition) is 2. The molecule has 154 valence electrons. The first-order chi connectivity index (χ1) is 12.3. The molecule has 1 saturated heterocycles. The molecule has 0 aromatic heterocycles. The number of alkyl halides is 3. The maximum atomic E-state index is 12.5. The van der Waals surface area contributed by atoms with Crippen molar-refractivity contribution in [3.8, 4) is 5.75 Å². The normalized spacial score (nSPS) is 18.1. The number of guanidine groups is 1. The van der Waals surface area contributed by atoms with Gasteiger partial charge in [0.05, 0.1) is 13.2 Å². The van der Waals surface area contributed by atoms with Crippen LogP contribution in [0.25, 0.3) is 0 Å². The van der Waals surface area contributed by atoms with Crippen molar-refractivity contribution in [2.45, 2.75) is 39.0 Å². The third kappa shape index (κ3) is 8.12. The van der Waals surface area contributed by atoms with Crippen molar-refractivity contribution in [2.75, 3.05) is 33.3 Å². The van der Waals surface area contributed by atoms with Gasteiger partial charge >= 0.3 is 6.18 Å². The molecule has 1 aliphatic rings. The van der Waals surface area contributed by atoms with Crippen molar-refractivity contribution in [3.05, 3.63) is 29.3 Å². The minimum Gasteiger partial charge on any atom is -0.494 e. The van der Waals surface area contributed by atoms with Crippen molar-refractivity contribution in [2.24, 2.45) is 4.99 Å². The lowest BCUT2D eigenvalue weighted by molar-refractivity contribution is -0.143. The van der Waals surface area contributed by atoms with Gasteiger partial charge in [-0.25, -0.2) is 0 Å². The zero-order valence-electron chi connectivity index (χ0n) is 15.9. The van der Waals surface area contributed by atoms with Crippen LogP contribution in [0.4, 0.5) is 13.2 Å². The van der Waals surface area contributed by atoms with E-state index in [1.165, 1.54) is 4.90 Å². The van der Waals surface area contributed by atoms with Gasteiger partial charge in [0.2, 0.25) is 0 Å². The number of halogens is 4. The number of hydrogen-bond acceptors (Lipinski definition) is 3. The lowest BCUT2D eigenvalue weighted by Gasteiger charge is -2.20. The van der Waals surface area contributed by atoms with Crippen LogP contribution in [-0.2, 0) is 6.54 Å². The number of aryl methyl sites for hydroxylation is 1. The highest BCUT2D eigenvalue weighted by molar-refractivity contribution is 14.0. The molecule has 9 heteroatoms. The number of nitrogens with zero attached hydrogens (tertiary/aromatic N) is 2. The molecule has 2 N–H and O–H groups in total. The Bertz CT molecular complexity index is 625. The maximum absolute atomic E-state index is 12.5. The zero-order chi connectivity index (χ0) is 19.2. The van der Waals surface area contributed by atoms with Crippen LogP contribution < -0.4 is 15.4 Å². The van der Waals surface area contributed by atoms with Gasteiger partial charge in [0.15, 0.2) is 5.96 Å². The number of ether oxygens (including phenoxy) is 1. The summed E-state index contributed by atoms with van der Waals surface area (Å²) in [4.78, 5) is 5.58. The summed E-state index contributed by atoms with van der Waals surface area (Å²) in [6, 6.07) is 5.94. The van der Waals surface area contributed by atoms with Crippen LogP contribution in [0.2, 0.25) is 0 Å². The lowest BCUT2D eigenvalue weighted by Crippen LogP contribution is -2.44. The summed E-state index contributed by atoms with van der Waals surface area (Å²) in [6.07, 6.45) is -3.49. The van der Waals surface area contributed by atoms with Gasteiger partial charge in [-0.2, -0.15) is 13.2 Å². The molecule has 5 nitrogen and oxygen atoms in total. The molecule has 0 spiro atoms. The molecule has 27 heavy (non-hydrogen) atoms. The summed E-state index contributed by atoms with van der Waals surface area (Å²) in [5.74, 6) is 1.46. The van der Waals surface area contributed by atoms with Crippen molar-refractivity contribution < 1.29 is 17.9 Å². The molecule has 0 saturated carbocycles. The molecule has 1 atom stereocenters. The van der Waals surface area contributed by atoms with Gasteiger partial charge in [-0.3, -0.25) is 9.89 Å². The predicted octanol–water partition coefficient (Wildman–Crippen LogP) is 3.31. The topological polar surface area (TPSA) is 48.9 Å². The Morgan fingerprint density at radius 2 is 2.11 bits per heavy atom. The molecule has 0 bridgehead atoms. The molecular formula is C18H28F3IN4O. The minimum absolute atomic E-state index is 0. The first kappa shape index (κ1) is 23.8. The van der Waals surface area contributed by atoms with E-state index in [2.05, 4.69) is 15.6 Å². The van der Waals surface area contributed by atoms with Gasteiger partial charge in [-0.05, 0) is 37.5 Å². The van der Waals surface area contributed by atoms with Crippen LogP contribution in [0.1, 0.15) is 24.5 Å². The Kier molecular flexibility index (Phi) is 9.65. The Labute approximate surface area is 175 Å². The highest BCUT2D eigenvalue weighted by Crippen LogP contribution is 2.20. The monoisotopic (exact) mass is 500 g/mol. The Morgan fingerprint density at radius 3 is 2.70 bits per heavy atom. The van der Waals surface area contributed by atoms with E-state index in [0.29, 0.717) is 38.6 Å². The average Bonchev–Trinajstić information content (AvgIpc) is 2.98. The molecule has 0 amide bonds. The number of rotatable bonds is 6. The van der Waals surface area contributed by atoms with Gasteiger partial charge in [-0.15, -0.1) is 24.0 Å². The molecule has 1 heterocycles. The van der Waals surface area contributed by atoms with Crippen LogP contribution in [0.15, 0.2) is 23.2 Å². The quantitative estimate of drug-likeness (QED) is 0.358. The number of nitrogens with one attached hydrogen (secondary N) is 2. The highest BCUT2D eigenvalue weighted by Gasteiger charge is 2.34. The molecule has 1 fully saturated rings. The Hall–Kier alpha value is -1.23. The zero-order valence-corrected chi connectivity index (χ0v) is 18.2. The van der Waals surface area contributed by atoms with Crippen LogP contribution in [0.5, 0.6) is 5.75 Å². The SMILES string of the molecule is CCOc1ccc(CNC(=NC)NC2CCN(CC(F)(F)F)C2)cc1C.I. The van der Waals surface area contributed by atoms with Crippen LogP contribution >= 0.6 is 24.0 Å². The van der Waals surface area contributed by atoms with Crippen molar-refractivity contribution >= 4 is 29.9 Å². The van der Waals surface area contributed by atoms with Gasteiger partial charge < -0.3 is 15.4 Å². The molecule has 1 aromatic rings. The second-order valence-corrected chi connectivity index (χ2v) is 6.44. The minimum atomic E-state index is -4.15. The third-order valence-corrected chi connectivity index (χ3v) is 4.24. The van der Waals surface area contributed by atoms with Gasteiger partial charge in [0, 0.05) is 32.7 Å². The van der Waals surface area contributed by atoms with Crippen molar-refractivity contribution in [3.63, 3.8) is 0 Å². The molecule has 1 unspecified atom stereocenters. The summed E-state index contributed by atoms with van der Waals surface area (Å²) in [5.41, 5.74) is 2.15. The van der Waals surface area contributed by atoms with Crippen LogP contribution in [0.3, 0.4) is 0 Å². The second kappa shape index (κ2) is 10.9. The largest absolute Gasteiger partial charge is 0.494 e. The van der Waals surface area contributed by atoms with Gasteiger partial charge in [0.25, 0.3) is 0 Å². The fraction of sp³-hybridized carbons (Fsp3) is 0.611. The molecule has 0 radical (unpaired) electrons. The van der Waals surface area contributed by atoms with E-state index in [0.717, 1.165) is 16.9 Å². The molecular weight excluding hydrogens is 472 g/mol. The standard InChI is InChI=1S/C18H27F3N4O.HI/c1-4-26-16-6-5-14(9-13(16)2)10-23-17(22-3)24-15-7-8-25(11-15)12-18(19,20)21;/h5-6,9,15H,4,7-8,10-12H2,1-3H3,(H2,22,23,24);1H. The van der Waals surface area contributed by atoms with E-state index in [4.69, 9.17) is 4.74 Å². The fourth-order valence-corrected chi connectivity index (χ4v) is 3.06. The molecule has 0 aliphatic carbocycles. The second-order valence-electron chi connectivity index (χ2n) is 6.44. The summed E-state index contributed by atoms with van der Waals surface area (Å²) < 4.78 is 43.0.